The Morgan fingerprint density at radius 1 is 1.00 bits per heavy atom. The summed E-state index contributed by atoms with van der Waals surface area (Å²) in [6, 6.07) is -5.30. The number of hydrogen-bond donors (Lipinski definition) is 8. The van der Waals surface area contributed by atoms with Crippen LogP contribution in [0.1, 0.15) is 38.8 Å². The zero-order valence-electron chi connectivity index (χ0n) is 19.3. The monoisotopic (exact) mass is 497 g/mol. The molecule has 1 aromatic heterocycles. The Labute approximate surface area is 200 Å². The van der Waals surface area contributed by atoms with Gasteiger partial charge in [0, 0.05) is 24.7 Å². The number of H-pyrrole nitrogens is 1. The second-order valence-electron chi connectivity index (χ2n) is 8.18. The van der Waals surface area contributed by atoms with Crippen LogP contribution in [0, 0.1) is 5.92 Å². The summed E-state index contributed by atoms with van der Waals surface area (Å²) in [5.74, 6) is -6.73. The maximum atomic E-state index is 12.9. The Morgan fingerprint density at radius 3 is 2.11 bits per heavy atom. The molecule has 0 aromatic carbocycles. The lowest BCUT2D eigenvalue weighted by Gasteiger charge is -2.26. The average Bonchev–Trinajstić information content (AvgIpc) is 3.26. The molecule has 0 saturated carbocycles. The number of nitrogens with two attached hydrogens (primary N) is 2. The molecule has 4 amide bonds. The summed E-state index contributed by atoms with van der Waals surface area (Å²) < 4.78 is 0. The summed E-state index contributed by atoms with van der Waals surface area (Å²) in [6.07, 6.45) is 1.42. The summed E-state index contributed by atoms with van der Waals surface area (Å²) in [6.45, 7) is 3.26. The van der Waals surface area contributed by atoms with Crippen molar-refractivity contribution in [3.05, 3.63) is 18.2 Å². The first-order valence-electron chi connectivity index (χ1n) is 10.7. The highest BCUT2D eigenvalue weighted by Crippen LogP contribution is 2.07. The number of aliphatic carboxylic acids is 2. The Balaban J connectivity index is 2.94. The molecule has 15 heteroatoms. The van der Waals surface area contributed by atoms with E-state index in [-0.39, 0.29) is 12.8 Å². The van der Waals surface area contributed by atoms with Crippen LogP contribution in [0.15, 0.2) is 12.5 Å². The molecule has 0 fully saturated rings. The van der Waals surface area contributed by atoms with Crippen molar-refractivity contribution in [1.82, 2.24) is 25.9 Å². The van der Waals surface area contributed by atoms with Gasteiger partial charge in [-0.05, 0) is 12.3 Å². The van der Waals surface area contributed by atoms with E-state index >= 15 is 0 Å². The minimum Gasteiger partial charge on any atom is -0.481 e. The number of hydrogen-bond acceptors (Lipinski definition) is 8. The SMILES string of the molecule is CC(C)C(NC(=O)C(N)Cc1cnc[nH]1)C(=O)NC(CCC(=O)O)C(=O)NC(CC(N)=O)C(=O)O. The van der Waals surface area contributed by atoms with Gasteiger partial charge in [-0.2, -0.15) is 0 Å². The molecule has 1 rings (SSSR count). The van der Waals surface area contributed by atoms with Crippen molar-refractivity contribution in [3.8, 4) is 0 Å². The molecular weight excluding hydrogens is 466 g/mol. The molecular formula is C20H31N7O8. The molecule has 0 aliphatic carbocycles. The van der Waals surface area contributed by atoms with Crippen molar-refractivity contribution in [3.63, 3.8) is 0 Å². The minimum absolute atomic E-state index is 0.123. The number of amides is 4. The summed E-state index contributed by atoms with van der Waals surface area (Å²) in [7, 11) is 0. The molecule has 1 heterocycles. The number of imidazole rings is 1. The first-order valence-corrected chi connectivity index (χ1v) is 10.7. The maximum Gasteiger partial charge on any atom is 0.326 e. The number of carboxylic acids is 2. The zero-order valence-corrected chi connectivity index (χ0v) is 19.3. The van der Waals surface area contributed by atoms with Crippen molar-refractivity contribution in [2.75, 3.05) is 0 Å². The molecule has 0 aliphatic heterocycles. The van der Waals surface area contributed by atoms with Crippen LogP contribution in [0.4, 0.5) is 0 Å². The molecule has 35 heavy (non-hydrogen) atoms. The molecule has 4 atom stereocenters. The van der Waals surface area contributed by atoms with Gasteiger partial charge in [-0.3, -0.25) is 24.0 Å². The number of aromatic amines is 1. The number of nitrogens with one attached hydrogen (secondary N) is 4. The fraction of sp³-hybridized carbons (Fsp3) is 0.550. The van der Waals surface area contributed by atoms with E-state index in [1.54, 1.807) is 13.8 Å². The molecule has 194 valence electrons. The third-order valence-electron chi connectivity index (χ3n) is 4.88. The molecule has 0 bridgehead atoms. The van der Waals surface area contributed by atoms with Crippen LogP contribution in [0.2, 0.25) is 0 Å². The predicted molar refractivity (Wildman–Crippen MR) is 119 cm³/mol. The molecule has 0 spiro atoms. The number of aromatic nitrogens is 2. The van der Waals surface area contributed by atoms with E-state index in [4.69, 9.17) is 16.6 Å². The number of carbonyl (C=O) groups is 6. The Morgan fingerprint density at radius 2 is 1.63 bits per heavy atom. The van der Waals surface area contributed by atoms with Crippen molar-refractivity contribution < 1.29 is 39.0 Å². The highest BCUT2D eigenvalue weighted by molar-refractivity contribution is 5.95. The van der Waals surface area contributed by atoms with Crippen molar-refractivity contribution in [2.24, 2.45) is 17.4 Å². The number of carboxylic acid groups (broad SMARTS) is 2. The van der Waals surface area contributed by atoms with E-state index in [2.05, 4.69) is 25.9 Å². The topological polar surface area (TPSA) is 260 Å². The van der Waals surface area contributed by atoms with Crippen LogP contribution in [0.5, 0.6) is 0 Å². The van der Waals surface area contributed by atoms with Gasteiger partial charge >= 0.3 is 11.9 Å². The van der Waals surface area contributed by atoms with Crippen LogP contribution in [-0.2, 0) is 35.2 Å². The summed E-state index contributed by atoms with van der Waals surface area (Å²) in [4.78, 5) is 78.1. The van der Waals surface area contributed by atoms with Gasteiger partial charge in [0.15, 0.2) is 0 Å². The smallest absolute Gasteiger partial charge is 0.326 e. The quantitative estimate of drug-likeness (QED) is 0.123. The zero-order chi connectivity index (χ0) is 26.7. The molecule has 0 saturated heterocycles. The van der Waals surface area contributed by atoms with Gasteiger partial charge in [0.25, 0.3) is 0 Å². The van der Waals surface area contributed by atoms with Gasteiger partial charge in [-0.1, -0.05) is 13.8 Å². The first-order chi connectivity index (χ1) is 16.3. The van der Waals surface area contributed by atoms with E-state index in [9.17, 15) is 33.9 Å². The number of carbonyl (C=O) groups excluding carboxylic acids is 4. The van der Waals surface area contributed by atoms with Crippen LogP contribution < -0.4 is 27.4 Å². The number of primary amides is 1. The largest absolute Gasteiger partial charge is 0.481 e. The number of rotatable bonds is 15. The van der Waals surface area contributed by atoms with Crippen molar-refractivity contribution in [2.45, 2.75) is 63.7 Å². The summed E-state index contributed by atoms with van der Waals surface area (Å²) >= 11 is 0. The van der Waals surface area contributed by atoms with Crippen LogP contribution in [0.3, 0.4) is 0 Å². The second-order valence-corrected chi connectivity index (χ2v) is 8.18. The van der Waals surface area contributed by atoms with Crippen LogP contribution in [-0.4, -0.2) is 79.9 Å². The minimum atomic E-state index is -1.68. The van der Waals surface area contributed by atoms with E-state index in [0.717, 1.165) is 0 Å². The standard InChI is InChI=1S/C20H31N7O8/c1-9(2)16(27-17(31)11(21)5-10-7-23-8-24-10)19(33)25-12(3-4-15(29)30)18(32)26-13(20(34)35)6-14(22)28/h7-9,11-13,16H,3-6,21H2,1-2H3,(H2,22,28)(H,23,24)(H,25,33)(H,26,32)(H,27,31)(H,29,30)(H,34,35). The van der Waals surface area contributed by atoms with Gasteiger partial charge in [0.05, 0.1) is 18.8 Å². The van der Waals surface area contributed by atoms with Gasteiger partial charge in [-0.15, -0.1) is 0 Å². The Kier molecular flexibility index (Phi) is 11.3. The van der Waals surface area contributed by atoms with E-state index in [1.165, 1.54) is 12.5 Å². The maximum absolute atomic E-state index is 12.9. The lowest BCUT2D eigenvalue weighted by molar-refractivity contribution is -0.144. The third kappa shape index (κ3) is 10.2. The third-order valence-corrected chi connectivity index (χ3v) is 4.88. The van der Waals surface area contributed by atoms with Crippen molar-refractivity contribution in [1.29, 1.82) is 0 Å². The molecule has 0 aliphatic rings. The lowest BCUT2D eigenvalue weighted by atomic mass is 10.0. The van der Waals surface area contributed by atoms with Gasteiger partial charge in [0.1, 0.15) is 18.1 Å². The fourth-order valence-corrected chi connectivity index (χ4v) is 2.99. The fourth-order valence-electron chi connectivity index (χ4n) is 2.99. The number of nitrogens with zero attached hydrogens (tertiary/aromatic N) is 1. The molecule has 15 nitrogen and oxygen atoms in total. The van der Waals surface area contributed by atoms with Gasteiger partial charge < -0.3 is 42.6 Å². The average molecular weight is 498 g/mol. The van der Waals surface area contributed by atoms with Crippen LogP contribution >= 0.6 is 0 Å². The Bertz CT molecular complexity index is 919. The predicted octanol–water partition coefficient (Wildman–Crippen LogP) is -2.79. The lowest BCUT2D eigenvalue weighted by Crippen LogP contribution is -2.58. The van der Waals surface area contributed by atoms with Crippen LogP contribution in [0.25, 0.3) is 0 Å². The molecule has 4 unspecified atom stereocenters. The Hall–Kier alpha value is -4.01. The van der Waals surface area contributed by atoms with Crippen molar-refractivity contribution >= 4 is 35.6 Å². The highest BCUT2D eigenvalue weighted by atomic mass is 16.4. The molecule has 1 aromatic rings. The molecule has 10 N–H and O–H groups in total. The van der Waals surface area contributed by atoms with E-state index in [1.807, 2.05) is 0 Å². The summed E-state index contributed by atoms with van der Waals surface area (Å²) in [5, 5.41) is 25.1. The van der Waals surface area contributed by atoms with Gasteiger partial charge in [0.2, 0.25) is 23.6 Å². The highest BCUT2D eigenvalue weighted by Gasteiger charge is 2.32. The van der Waals surface area contributed by atoms with Gasteiger partial charge in [-0.25, -0.2) is 9.78 Å². The van der Waals surface area contributed by atoms with E-state index < -0.39 is 78.5 Å². The summed E-state index contributed by atoms with van der Waals surface area (Å²) in [5.41, 5.74) is 11.5. The normalized spacial score (nSPS) is 14.3. The first kappa shape index (κ1) is 29.0. The molecule has 0 radical (unpaired) electrons. The second kappa shape index (κ2) is 13.6. The van der Waals surface area contributed by atoms with E-state index in [0.29, 0.717) is 5.69 Å².